The molecule has 0 bridgehead atoms. The van der Waals surface area contributed by atoms with Crippen molar-refractivity contribution in [3.63, 3.8) is 0 Å². The number of carbonyl (C=O) groups is 1. The van der Waals surface area contributed by atoms with Crippen LogP contribution in [0.5, 0.6) is 0 Å². The third kappa shape index (κ3) is 2.72. The summed E-state index contributed by atoms with van der Waals surface area (Å²) in [4.78, 5) is 14.6. The highest BCUT2D eigenvalue weighted by atomic mass is 16.5. The van der Waals surface area contributed by atoms with Crippen LogP contribution in [-0.4, -0.2) is 42.1 Å². The van der Waals surface area contributed by atoms with Gasteiger partial charge in [0.1, 0.15) is 0 Å². The minimum absolute atomic E-state index is 0.0983. The molecule has 2 aliphatic rings. The van der Waals surface area contributed by atoms with Gasteiger partial charge >= 0.3 is 0 Å². The molecule has 0 saturated carbocycles. The van der Waals surface area contributed by atoms with Crippen LogP contribution in [0.15, 0.2) is 24.3 Å². The van der Waals surface area contributed by atoms with E-state index in [0.717, 1.165) is 13.0 Å². The number of ether oxygens (including phenoxy) is 1. The first-order chi connectivity index (χ1) is 9.55. The molecule has 0 unspecified atom stereocenters. The lowest BCUT2D eigenvalue weighted by Gasteiger charge is -2.40. The van der Waals surface area contributed by atoms with Crippen LogP contribution in [0.25, 0.3) is 0 Å². The first kappa shape index (κ1) is 13.6. The van der Waals surface area contributed by atoms with Gasteiger partial charge in [-0.25, -0.2) is 0 Å². The smallest absolute Gasteiger partial charge is 0.240 e. The Bertz CT molecular complexity index is 513. The summed E-state index contributed by atoms with van der Waals surface area (Å²) in [6, 6.07) is 8.25. The van der Waals surface area contributed by atoms with Gasteiger partial charge in [-0.1, -0.05) is 24.3 Å². The molecule has 20 heavy (non-hydrogen) atoms. The molecule has 108 valence electrons. The van der Waals surface area contributed by atoms with Gasteiger partial charge in [0.25, 0.3) is 0 Å². The number of morpholine rings is 1. The van der Waals surface area contributed by atoms with E-state index in [0.29, 0.717) is 19.7 Å². The van der Waals surface area contributed by atoms with E-state index in [4.69, 9.17) is 4.74 Å². The maximum atomic E-state index is 12.7. The van der Waals surface area contributed by atoms with E-state index in [1.54, 1.807) is 0 Å². The Hall–Kier alpha value is -1.39. The molecule has 1 aromatic carbocycles. The largest absolute Gasteiger partial charge is 0.372 e. The highest BCUT2D eigenvalue weighted by molar-refractivity contribution is 5.82. The Morgan fingerprint density at radius 3 is 2.85 bits per heavy atom. The van der Waals surface area contributed by atoms with E-state index in [9.17, 15) is 4.79 Å². The molecule has 1 N–H and O–H groups in total. The number of rotatable bonds is 1. The summed E-state index contributed by atoms with van der Waals surface area (Å²) in [5.74, 6) is 0.205. The van der Waals surface area contributed by atoms with E-state index < -0.39 is 0 Å². The monoisotopic (exact) mass is 274 g/mol. The Morgan fingerprint density at radius 2 is 2.10 bits per heavy atom. The van der Waals surface area contributed by atoms with Crippen LogP contribution in [0.4, 0.5) is 0 Å². The van der Waals surface area contributed by atoms with E-state index in [1.807, 2.05) is 30.9 Å². The minimum atomic E-state index is -0.236. The number of fused-ring (bicyclic) bond motifs is 1. The SMILES string of the molecule is CC1(C)CN(C(=O)[C@H]2Cc3ccccc3CN2)CCO1. The second-order valence-electron chi connectivity index (χ2n) is 6.27. The molecule has 1 aromatic rings. The van der Waals surface area contributed by atoms with Crippen LogP contribution in [-0.2, 0) is 22.5 Å². The second kappa shape index (κ2) is 5.19. The molecule has 4 heteroatoms. The molecule has 1 amide bonds. The summed E-state index contributed by atoms with van der Waals surface area (Å²) >= 11 is 0. The number of amides is 1. The zero-order chi connectivity index (χ0) is 14.2. The van der Waals surface area contributed by atoms with Crippen LogP contribution in [0.1, 0.15) is 25.0 Å². The van der Waals surface area contributed by atoms with Crippen molar-refractivity contribution >= 4 is 5.91 Å². The Balaban J connectivity index is 1.70. The van der Waals surface area contributed by atoms with Crippen molar-refractivity contribution in [1.82, 2.24) is 10.2 Å². The van der Waals surface area contributed by atoms with Gasteiger partial charge in [-0.3, -0.25) is 4.79 Å². The fraction of sp³-hybridized carbons (Fsp3) is 0.562. The molecule has 0 aromatic heterocycles. The van der Waals surface area contributed by atoms with Gasteiger partial charge < -0.3 is 15.0 Å². The lowest BCUT2D eigenvalue weighted by Crippen LogP contribution is -2.56. The number of nitrogens with one attached hydrogen (secondary N) is 1. The average Bonchev–Trinajstić information content (AvgIpc) is 2.45. The molecular formula is C16H22N2O2. The summed E-state index contributed by atoms with van der Waals surface area (Å²) in [7, 11) is 0. The Labute approximate surface area is 120 Å². The van der Waals surface area contributed by atoms with E-state index in [-0.39, 0.29) is 17.6 Å². The maximum absolute atomic E-state index is 12.7. The summed E-state index contributed by atoms with van der Waals surface area (Å²) in [6.45, 7) is 6.85. The quantitative estimate of drug-likeness (QED) is 0.840. The molecule has 0 spiro atoms. The lowest BCUT2D eigenvalue weighted by atomic mass is 9.94. The fourth-order valence-electron chi connectivity index (χ4n) is 3.05. The molecule has 2 heterocycles. The molecular weight excluding hydrogens is 252 g/mol. The van der Waals surface area contributed by atoms with Crippen LogP contribution < -0.4 is 5.32 Å². The third-order valence-electron chi connectivity index (χ3n) is 4.12. The van der Waals surface area contributed by atoms with Gasteiger partial charge in [-0.05, 0) is 31.4 Å². The third-order valence-corrected chi connectivity index (χ3v) is 4.12. The van der Waals surface area contributed by atoms with Crippen LogP contribution in [0.2, 0.25) is 0 Å². The van der Waals surface area contributed by atoms with Gasteiger partial charge in [-0.15, -0.1) is 0 Å². The van der Waals surface area contributed by atoms with Crippen molar-refractivity contribution < 1.29 is 9.53 Å². The molecule has 2 aliphatic heterocycles. The van der Waals surface area contributed by atoms with Crippen molar-refractivity contribution in [3.8, 4) is 0 Å². The van der Waals surface area contributed by atoms with Gasteiger partial charge in [0.05, 0.1) is 18.2 Å². The zero-order valence-electron chi connectivity index (χ0n) is 12.2. The van der Waals surface area contributed by atoms with E-state index >= 15 is 0 Å². The summed E-state index contributed by atoms with van der Waals surface area (Å²) in [5.41, 5.74) is 2.36. The first-order valence-electron chi connectivity index (χ1n) is 7.28. The maximum Gasteiger partial charge on any atom is 0.240 e. The second-order valence-corrected chi connectivity index (χ2v) is 6.27. The first-order valence-corrected chi connectivity index (χ1v) is 7.28. The number of hydrogen-bond acceptors (Lipinski definition) is 3. The molecule has 1 saturated heterocycles. The number of nitrogens with zero attached hydrogens (tertiary/aromatic N) is 1. The van der Waals surface area contributed by atoms with Gasteiger partial charge in [0.15, 0.2) is 0 Å². The number of carbonyl (C=O) groups excluding carboxylic acids is 1. The topological polar surface area (TPSA) is 41.6 Å². The molecule has 1 atom stereocenters. The Morgan fingerprint density at radius 1 is 1.35 bits per heavy atom. The van der Waals surface area contributed by atoms with E-state index in [2.05, 4.69) is 17.4 Å². The van der Waals surface area contributed by atoms with Crippen LogP contribution in [0, 0.1) is 0 Å². The summed E-state index contributed by atoms with van der Waals surface area (Å²) < 4.78 is 5.67. The highest BCUT2D eigenvalue weighted by Crippen LogP contribution is 2.21. The normalized spacial score (nSPS) is 25.1. The lowest BCUT2D eigenvalue weighted by molar-refractivity contribution is -0.148. The number of hydrogen-bond donors (Lipinski definition) is 1. The van der Waals surface area contributed by atoms with Crippen molar-refractivity contribution in [1.29, 1.82) is 0 Å². The van der Waals surface area contributed by atoms with Crippen molar-refractivity contribution in [2.45, 2.75) is 38.5 Å². The molecule has 1 fully saturated rings. The number of benzene rings is 1. The zero-order valence-corrected chi connectivity index (χ0v) is 12.2. The fourth-order valence-corrected chi connectivity index (χ4v) is 3.05. The predicted molar refractivity (Wildman–Crippen MR) is 77.4 cm³/mol. The Kier molecular flexibility index (Phi) is 3.52. The van der Waals surface area contributed by atoms with Crippen molar-refractivity contribution in [2.24, 2.45) is 0 Å². The van der Waals surface area contributed by atoms with Gasteiger partial charge in [0.2, 0.25) is 5.91 Å². The highest BCUT2D eigenvalue weighted by Gasteiger charge is 2.34. The van der Waals surface area contributed by atoms with Crippen LogP contribution >= 0.6 is 0 Å². The van der Waals surface area contributed by atoms with Gasteiger partial charge in [0, 0.05) is 19.6 Å². The predicted octanol–water partition coefficient (Wildman–Crippen LogP) is 1.34. The van der Waals surface area contributed by atoms with Crippen molar-refractivity contribution in [2.75, 3.05) is 19.7 Å². The standard InChI is InChI=1S/C16H22N2O2/c1-16(2)11-18(7-8-20-16)15(19)14-9-12-5-3-4-6-13(12)10-17-14/h3-6,14,17H,7-11H2,1-2H3/t14-/m1/s1. The molecule has 3 rings (SSSR count). The minimum Gasteiger partial charge on any atom is -0.372 e. The van der Waals surface area contributed by atoms with Crippen LogP contribution in [0.3, 0.4) is 0 Å². The molecule has 0 aliphatic carbocycles. The average molecular weight is 274 g/mol. The van der Waals surface area contributed by atoms with Crippen molar-refractivity contribution in [3.05, 3.63) is 35.4 Å². The molecule has 0 radical (unpaired) electrons. The summed E-state index contributed by atoms with van der Waals surface area (Å²) in [6.07, 6.45) is 0.785. The summed E-state index contributed by atoms with van der Waals surface area (Å²) in [5, 5.41) is 3.37. The molecule has 4 nitrogen and oxygen atoms in total. The van der Waals surface area contributed by atoms with E-state index in [1.165, 1.54) is 11.1 Å². The van der Waals surface area contributed by atoms with Gasteiger partial charge in [-0.2, -0.15) is 0 Å².